The second-order valence-corrected chi connectivity index (χ2v) is 7.91. The first-order chi connectivity index (χ1) is 13.4. The van der Waals surface area contributed by atoms with Gasteiger partial charge in [-0.05, 0) is 81.7 Å². The third-order valence-corrected chi connectivity index (χ3v) is 6.05. The van der Waals surface area contributed by atoms with Crippen LogP contribution in [0, 0.1) is 0 Å². The lowest BCUT2D eigenvalue weighted by Gasteiger charge is -2.36. The van der Waals surface area contributed by atoms with Crippen molar-refractivity contribution in [2.45, 2.75) is 69.6 Å². The molecule has 1 aromatic carbocycles. The molecule has 2 bridgehead atoms. The van der Waals surface area contributed by atoms with E-state index in [2.05, 4.69) is 30.1 Å². The highest BCUT2D eigenvalue weighted by Gasteiger charge is 2.39. The van der Waals surface area contributed by atoms with Crippen LogP contribution >= 0.6 is 0 Å². The van der Waals surface area contributed by atoms with Gasteiger partial charge < -0.3 is 19.8 Å². The molecule has 0 saturated carbocycles. The molecule has 2 aliphatic heterocycles. The van der Waals surface area contributed by atoms with Gasteiger partial charge in [-0.1, -0.05) is 6.07 Å². The van der Waals surface area contributed by atoms with Crippen LogP contribution in [-0.2, 0) is 22.4 Å². The molecule has 0 radical (unpaired) electrons. The molecule has 0 spiro atoms. The Morgan fingerprint density at radius 3 is 2.14 bits per heavy atom. The Kier molecular flexibility index (Phi) is 6.73. The fourth-order valence-corrected chi connectivity index (χ4v) is 4.58. The highest BCUT2D eigenvalue weighted by atomic mass is 16.5. The van der Waals surface area contributed by atoms with Crippen LogP contribution in [-0.4, -0.2) is 52.3 Å². The van der Waals surface area contributed by atoms with Crippen LogP contribution in [0.4, 0.5) is 0 Å². The molecular weight excluding hydrogens is 358 g/mol. The van der Waals surface area contributed by atoms with Crippen molar-refractivity contribution in [3.8, 4) is 5.75 Å². The van der Waals surface area contributed by atoms with Gasteiger partial charge in [0.05, 0.1) is 0 Å². The van der Waals surface area contributed by atoms with Gasteiger partial charge in [-0.2, -0.15) is 0 Å². The number of rotatable bonds is 4. The van der Waals surface area contributed by atoms with Crippen LogP contribution < -0.4 is 4.74 Å². The van der Waals surface area contributed by atoms with E-state index in [1.807, 2.05) is 0 Å². The molecule has 2 unspecified atom stereocenters. The van der Waals surface area contributed by atoms with Crippen molar-refractivity contribution in [2.75, 3.05) is 7.05 Å². The molecule has 6 heteroatoms. The lowest BCUT2D eigenvalue weighted by Crippen LogP contribution is -2.43. The Bertz CT molecular complexity index is 714. The minimum Gasteiger partial charge on any atom is -0.490 e. The molecule has 1 aromatic rings. The average molecular weight is 387 g/mol. The van der Waals surface area contributed by atoms with E-state index in [1.165, 1.54) is 56.9 Å². The number of hydrogen-bond donors (Lipinski definition) is 2. The van der Waals surface area contributed by atoms with E-state index in [9.17, 15) is 9.59 Å². The lowest BCUT2D eigenvalue weighted by atomic mass is 9.91. The fraction of sp³-hybridized carbons (Fsp3) is 0.545. The molecule has 1 aliphatic carbocycles. The number of aryl methyl sites for hydroxylation is 2. The van der Waals surface area contributed by atoms with E-state index in [-0.39, 0.29) is 0 Å². The molecule has 0 amide bonds. The number of hydrogen-bond acceptors (Lipinski definition) is 4. The van der Waals surface area contributed by atoms with E-state index in [0.29, 0.717) is 18.3 Å². The number of ether oxygens (including phenoxy) is 1. The molecule has 2 saturated heterocycles. The number of fused-ring (bicyclic) bond motifs is 3. The molecule has 3 aliphatic rings. The molecule has 0 aromatic heterocycles. The highest BCUT2D eigenvalue weighted by molar-refractivity contribution is 5.89. The van der Waals surface area contributed by atoms with Gasteiger partial charge >= 0.3 is 11.9 Å². The maximum absolute atomic E-state index is 9.55. The normalized spacial score (nSPS) is 26.2. The first-order valence-electron chi connectivity index (χ1n) is 10.1. The summed E-state index contributed by atoms with van der Waals surface area (Å²) >= 11 is 0. The van der Waals surface area contributed by atoms with Gasteiger partial charge in [-0.3, -0.25) is 0 Å². The predicted molar refractivity (Wildman–Crippen MR) is 106 cm³/mol. The number of nitrogens with zero attached hydrogens (tertiary/aromatic N) is 1. The number of carboxylic acid groups (broad SMARTS) is 2. The average Bonchev–Trinajstić information content (AvgIpc) is 2.88. The van der Waals surface area contributed by atoms with Crippen molar-refractivity contribution >= 4 is 11.9 Å². The Balaban J connectivity index is 0.000000242. The van der Waals surface area contributed by atoms with Gasteiger partial charge in [0.15, 0.2) is 0 Å². The lowest BCUT2D eigenvalue weighted by molar-refractivity contribution is -0.134. The van der Waals surface area contributed by atoms with Crippen LogP contribution in [0.5, 0.6) is 5.75 Å². The maximum Gasteiger partial charge on any atom is 0.328 e. The number of benzene rings is 1. The monoisotopic (exact) mass is 387 g/mol. The summed E-state index contributed by atoms with van der Waals surface area (Å²) in [7, 11) is 2.29. The summed E-state index contributed by atoms with van der Waals surface area (Å²) in [6.07, 6.45) is 11.9. The zero-order chi connectivity index (χ0) is 20.1. The number of carbonyl (C=O) groups is 2. The predicted octanol–water partition coefficient (Wildman–Crippen LogP) is 3.28. The Hall–Kier alpha value is -2.34. The molecule has 2 fully saturated rings. The first-order valence-corrected chi connectivity index (χ1v) is 10.1. The molecule has 2 N–H and O–H groups in total. The number of piperidine rings is 1. The summed E-state index contributed by atoms with van der Waals surface area (Å²) in [4.78, 5) is 21.7. The van der Waals surface area contributed by atoms with Crippen LogP contribution in [0.1, 0.15) is 49.7 Å². The fourth-order valence-electron chi connectivity index (χ4n) is 4.58. The quantitative estimate of drug-likeness (QED) is 0.771. The van der Waals surface area contributed by atoms with E-state index in [1.54, 1.807) is 5.56 Å². The van der Waals surface area contributed by atoms with Crippen molar-refractivity contribution in [3.05, 3.63) is 41.5 Å². The number of carboxylic acids is 2. The molecule has 152 valence electrons. The first kappa shape index (κ1) is 20.4. The van der Waals surface area contributed by atoms with E-state index in [0.717, 1.165) is 17.8 Å². The summed E-state index contributed by atoms with van der Waals surface area (Å²) in [5.74, 6) is -1.40. The smallest absolute Gasteiger partial charge is 0.328 e. The minimum absolute atomic E-state index is 0.436. The van der Waals surface area contributed by atoms with Crippen molar-refractivity contribution in [3.63, 3.8) is 0 Å². The summed E-state index contributed by atoms with van der Waals surface area (Å²) in [6, 6.07) is 8.33. The van der Waals surface area contributed by atoms with Crippen LogP contribution in [0.15, 0.2) is 30.4 Å². The van der Waals surface area contributed by atoms with Gasteiger partial charge in [-0.15, -0.1) is 0 Å². The maximum atomic E-state index is 9.55. The van der Waals surface area contributed by atoms with Gasteiger partial charge in [0.25, 0.3) is 0 Å². The molecular formula is C22H29NO5. The zero-order valence-electron chi connectivity index (χ0n) is 16.3. The number of aliphatic carboxylic acids is 2. The summed E-state index contributed by atoms with van der Waals surface area (Å²) < 4.78 is 6.32. The van der Waals surface area contributed by atoms with Crippen molar-refractivity contribution < 1.29 is 24.5 Å². The Morgan fingerprint density at radius 1 is 1.00 bits per heavy atom. The summed E-state index contributed by atoms with van der Waals surface area (Å²) in [5.41, 5.74) is 3.08. The third kappa shape index (κ3) is 5.35. The van der Waals surface area contributed by atoms with Crippen molar-refractivity contribution in [1.29, 1.82) is 0 Å². The summed E-state index contributed by atoms with van der Waals surface area (Å²) in [6.45, 7) is 0. The van der Waals surface area contributed by atoms with E-state index >= 15 is 0 Å². The molecule has 2 heterocycles. The molecule has 6 nitrogen and oxygen atoms in total. The van der Waals surface area contributed by atoms with Gasteiger partial charge in [0, 0.05) is 24.2 Å². The van der Waals surface area contributed by atoms with Crippen LogP contribution in [0.3, 0.4) is 0 Å². The molecule has 4 rings (SSSR count). The topological polar surface area (TPSA) is 87.1 Å². The standard InChI is InChI=1S/C18H25NO.C4H4O4/c1-19-15-7-8-16(19)12-18(11-15)20-17-9-6-13-4-2-3-5-14(13)10-17;5-3(6)1-2-4(7)8/h6,9-10,15-16,18H,2-5,7-8,11-12H2,1H3;1-2H,(H,5,6)(H,7,8)/b;2-1+. The minimum atomic E-state index is -1.26. The van der Waals surface area contributed by atoms with Crippen molar-refractivity contribution in [1.82, 2.24) is 4.90 Å². The summed E-state index contributed by atoms with van der Waals surface area (Å²) in [5, 5.41) is 15.6. The van der Waals surface area contributed by atoms with Gasteiger partial charge in [-0.25, -0.2) is 9.59 Å². The van der Waals surface area contributed by atoms with Gasteiger partial charge in [0.1, 0.15) is 11.9 Å². The highest BCUT2D eigenvalue weighted by Crippen LogP contribution is 2.36. The second kappa shape index (κ2) is 9.24. The third-order valence-electron chi connectivity index (χ3n) is 6.05. The molecule has 28 heavy (non-hydrogen) atoms. The Labute approximate surface area is 165 Å². The van der Waals surface area contributed by atoms with E-state index in [4.69, 9.17) is 14.9 Å². The zero-order valence-corrected chi connectivity index (χ0v) is 16.3. The SMILES string of the molecule is CN1C2CCC1CC(Oc1ccc3c(c1)CCCC3)C2.O=C(O)/C=C/C(=O)O. The second-order valence-electron chi connectivity index (χ2n) is 7.91. The van der Waals surface area contributed by atoms with Crippen LogP contribution in [0.2, 0.25) is 0 Å². The van der Waals surface area contributed by atoms with Gasteiger partial charge in [0.2, 0.25) is 0 Å². The van der Waals surface area contributed by atoms with E-state index < -0.39 is 11.9 Å². The van der Waals surface area contributed by atoms with Crippen molar-refractivity contribution in [2.24, 2.45) is 0 Å². The largest absolute Gasteiger partial charge is 0.490 e. The van der Waals surface area contributed by atoms with Crippen LogP contribution in [0.25, 0.3) is 0 Å². The Morgan fingerprint density at radius 2 is 1.57 bits per heavy atom. The molecule has 2 atom stereocenters.